The number of phosphoric acid groups is 1. The summed E-state index contributed by atoms with van der Waals surface area (Å²) < 4.78 is 13.7. The summed E-state index contributed by atoms with van der Waals surface area (Å²) in [6.07, 6.45) is -7.82. The average Bonchev–Trinajstić information content (AvgIpc) is 2.11. The maximum atomic E-state index is 10.8. The average molecular weight is 260 g/mol. The lowest BCUT2D eigenvalue weighted by Gasteiger charge is -2.23. The fourth-order valence-electron chi connectivity index (χ4n) is 0.783. The Kier molecular flexibility index (Phi) is 5.50. The van der Waals surface area contributed by atoms with E-state index in [1.54, 1.807) is 0 Å². The summed E-state index contributed by atoms with van der Waals surface area (Å²) >= 11 is 0. The van der Waals surface area contributed by atoms with Crippen LogP contribution in [0.5, 0.6) is 0 Å². The minimum atomic E-state index is -5.13. The Morgan fingerprint density at radius 2 is 1.56 bits per heavy atom. The maximum absolute atomic E-state index is 10.8. The molecule has 0 aliphatic carbocycles. The van der Waals surface area contributed by atoms with Crippen molar-refractivity contribution < 1.29 is 44.1 Å². The Balaban J connectivity index is 4.50. The molecule has 4 unspecified atom stereocenters. The van der Waals surface area contributed by atoms with Crippen molar-refractivity contribution in [2.75, 3.05) is 0 Å². The molecule has 0 rings (SSSR count). The van der Waals surface area contributed by atoms with Crippen LogP contribution in [0.1, 0.15) is 6.92 Å². The minimum absolute atomic E-state index is 1.08. The fourth-order valence-corrected chi connectivity index (χ4v) is 1.13. The van der Waals surface area contributed by atoms with Gasteiger partial charge in [0, 0.05) is 0 Å². The number of hydrogen-bond acceptors (Lipinski definition) is 7. The molecule has 6 N–H and O–H groups in total. The van der Waals surface area contributed by atoms with E-state index in [-0.39, 0.29) is 0 Å². The maximum Gasteiger partial charge on any atom is 0.527 e. The van der Waals surface area contributed by atoms with Gasteiger partial charge in [0.2, 0.25) is 0 Å². The van der Waals surface area contributed by atoms with Gasteiger partial charge in [-0.15, -0.1) is 0 Å². The predicted molar refractivity (Wildman–Crippen MR) is 47.8 cm³/mol. The van der Waals surface area contributed by atoms with Crippen LogP contribution in [0.15, 0.2) is 0 Å². The first-order valence-corrected chi connectivity index (χ1v) is 5.60. The van der Waals surface area contributed by atoms with Gasteiger partial charge in [-0.3, -0.25) is 9.79 Å². The summed E-state index contributed by atoms with van der Waals surface area (Å²) in [4.78, 5) is 27.3. The Morgan fingerprint density at radius 1 is 1.12 bits per heavy atom. The van der Waals surface area contributed by atoms with E-state index in [4.69, 9.17) is 30.2 Å². The highest BCUT2D eigenvalue weighted by Crippen LogP contribution is 2.36. The molecular weight excluding hydrogens is 247 g/mol. The number of carbonyl (C=O) groups is 1. The molecule has 0 radical (unpaired) electrons. The van der Waals surface area contributed by atoms with Crippen molar-refractivity contribution >= 4 is 13.8 Å². The van der Waals surface area contributed by atoms with E-state index in [0.717, 1.165) is 6.92 Å². The van der Waals surface area contributed by atoms with Crippen molar-refractivity contribution in [3.63, 3.8) is 0 Å². The highest BCUT2D eigenvalue weighted by Gasteiger charge is 2.36. The zero-order valence-electron chi connectivity index (χ0n) is 8.16. The monoisotopic (exact) mass is 260 g/mol. The highest BCUT2D eigenvalue weighted by atomic mass is 31.2. The molecule has 0 saturated carbocycles. The molecule has 4 atom stereocenters. The third-order valence-electron chi connectivity index (χ3n) is 1.62. The molecule has 0 aromatic carbocycles. The molecule has 0 aromatic heterocycles. The Morgan fingerprint density at radius 3 is 1.88 bits per heavy atom. The predicted octanol–water partition coefficient (Wildman–Crippen LogP) is -2.91. The van der Waals surface area contributed by atoms with Crippen LogP contribution >= 0.6 is 7.82 Å². The molecule has 0 amide bonds. The standard InChI is InChI=1S/C6H13O9P/c1-2(7)3(8)4(9)5(10)6(11)15-16(12,13)14/h2-5,7-10H,1H3,(H2,12,13,14). The zero-order chi connectivity index (χ0) is 13.1. The van der Waals surface area contributed by atoms with Gasteiger partial charge in [0.15, 0.2) is 6.10 Å². The second kappa shape index (κ2) is 5.69. The van der Waals surface area contributed by atoms with Crippen LogP contribution in [0.3, 0.4) is 0 Å². The second-order valence-corrected chi connectivity index (χ2v) is 4.23. The lowest BCUT2D eigenvalue weighted by molar-refractivity contribution is -0.160. The highest BCUT2D eigenvalue weighted by molar-refractivity contribution is 7.46. The number of rotatable bonds is 5. The molecule has 10 heteroatoms. The summed E-state index contributed by atoms with van der Waals surface area (Å²) in [7, 11) is -5.13. The molecule has 0 fully saturated rings. The van der Waals surface area contributed by atoms with Gasteiger partial charge < -0.3 is 24.9 Å². The summed E-state index contributed by atoms with van der Waals surface area (Å²) in [5.41, 5.74) is 0. The lowest BCUT2D eigenvalue weighted by atomic mass is 10.0. The molecule has 0 aromatic rings. The Labute approximate surface area is 90.2 Å². The van der Waals surface area contributed by atoms with Gasteiger partial charge >= 0.3 is 13.8 Å². The van der Waals surface area contributed by atoms with Crippen molar-refractivity contribution in [3.8, 4) is 0 Å². The summed E-state index contributed by atoms with van der Waals surface area (Å²) in [5, 5.41) is 36.0. The smallest absolute Gasteiger partial charge is 0.391 e. The van der Waals surface area contributed by atoms with Crippen molar-refractivity contribution in [2.24, 2.45) is 0 Å². The summed E-state index contributed by atoms with van der Waals surface area (Å²) in [5.74, 6) is -1.81. The van der Waals surface area contributed by atoms with Crippen molar-refractivity contribution in [1.82, 2.24) is 0 Å². The van der Waals surface area contributed by atoms with E-state index in [0.29, 0.717) is 0 Å². The van der Waals surface area contributed by atoms with Crippen LogP contribution in [-0.2, 0) is 13.9 Å². The number of aliphatic hydroxyl groups excluding tert-OH is 4. The van der Waals surface area contributed by atoms with Crippen LogP contribution in [-0.4, -0.2) is 60.6 Å². The van der Waals surface area contributed by atoms with E-state index in [1.807, 2.05) is 0 Å². The van der Waals surface area contributed by atoms with E-state index in [9.17, 15) is 9.36 Å². The lowest BCUT2D eigenvalue weighted by Crippen LogP contribution is -2.47. The molecule has 9 nitrogen and oxygen atoms in total. The molecular formula is C6H13O9P. The Bertz CT molecular complexity index is 284. The van der Waals surface area contributed by atoms with Gasteiger partial charge in [0.1, 0.15) is 12.2 Å². The van der Waals surface area contributed by atoms with Gasteiger partial charge in [0.05, 0.1) is 6.10 Å². The van der Waals surface area contributed by atoms with Crippen LogP contribution in [0.25, 0.3) is 0 Å². The van der Waals surface area contributed by atoms with Gasteiger partial charge in [-0.2, -0.15) is 0 Å². The molecule has 0 saturated heterocycles. The number of phosphoric ester groups is 1. The van der Waals surface area contributed by atoms with Crippen LogP contribution in [0.2, 0.25) is 0 Å². The minimum Gasteiger partial charge on any atom is -0.391 e. The number of aliphatic hydroxyl groups is 4. The first-order valence-electron chi connectivity index (χ1n) is 4.07. The van der Waals surface area contributed by atoms with Crippen LogP contribution in [0, 0.1) is 0 Å². The van der Waals surface area contributed by atoms with E-state index in [1.165, 1.54) is 0 Å². The van der Waals surface area contributed by atoms with Crippen molar-refractivity contribution in [3.05, 3.63) is 0 Å². The van der Waals surface area contributed by atoms with E-state index in [2.05, 4.69) is 4.52 Å². The molecule has 0 aliphatic rings. The van der Waals surface area contributed by atoms with Gasteiger partial charge in [0.25, 0.3) is 0 Å². The largest absolute Gasteiger partial charge is 0.527 e. The van der Waals surface area contributed by atoms with Gasteiger partial charge in [-0.1, -0.05) is 0 Å². The third-order valence-corrected chi connectivity index (χ3v) is 2.04. The zero-order valence-corrected chi connectivity index (χ0v) is 9.06. The van der Waals surface area contributed by atoms with Crippen molar-refractivity contribution in [2.45, 2.75) is 31.3 Å². The molecule has 16 heavy (non-hydrogen) atoms. The molecule has 0 bridgehead atoms. The van der Waals surface area contributed by atoms with E-state index < -0.39 is 38.2 Å². The van der Waals surface area contributed by atoms with Crippen LogP contribution in [0.4, 0.5) is 0 Å². The first-order chi connectivity index (χ1) is 7.06. The topological polar surface area (TPSA) is 165 Å². The first kappa shape index (κ1) is 15.5. The fraction of sp³-hybridized carbons (Fsp3) is 0.833. The summed E-state index contributed by atoms with van der Waals surface area (Å²) in [6.45, 7) is 1.08. The van der Waals surface area contributed by atoms with Gasteiger partial charge in [-0.05, 0) is 6.92 Å². The number of carbonyl (C=O) groups excluding carboxylic acids is 1. The normalized spacial score (nSPS) is 19.7. The van der Waals surface area contributed by atoms with E-state index >= 15 is 0 Å². The summed E-state index contributed by atoms with van der Waals surface area (Å²) in [6, 6.07) is 0. The van der Waals surface area contributed by atoms with Gasteiger partial charge in [-0.25, -0.2) is 9.36 Å². The SMILES string of the molecule is CC(O)C(O)C(O)C(O)C(=O)OP(=O)(O)O. The molecule has 0 heterocycles. The third kappa shape index (κ3) is 4.99. The molecule has 0 aliphatic heterocycles. The number of hydrogen-bond donors (Lipinski definition) is 6. The second-order valence-electron chi connectivity index (χ2n) is 3.07. The molecule has 96 valence electrons. The van der Waals surface area contributed by atoms with Crippen molar-refractivity contribution in [1.29, 1.82) is 0 Å². The molecule has 0 spiro atoms. The van der Waals surface area contributed by atoms with Crippen LogP contribution < -0.4 is 0 Å². The Hall–Kier alpha value is -0.540. The quantitative estimate of drug-likeness (QED) is 0.284.